The molecular weight excluding hydrogens is 284 g/mol. The molecule has 0 aliphatic rings. The Balaban J connectivity index is 3.80. The van der Waals surface area contributed by atoms with Gasteiger partial charge in [-0.25, -0.2) is 0 Å². The first-order chi connectivity index (χ1) is 10.8. The van der Waals surface area contributed by atoms with E-state index in [0.717, 1.165) is 19.6 Å². The van der Waals surface area contributed by atoms with Crippen molar-refractivity contribution in [1.82, 2.24) is 4.90 Å². The van der Waals surface area contributed by atoms with Crippen LogP contribution in [0.15, 0.2) is 0 Å². The minimum atomic E-state index is 0.397. The van der Waals surface area contributed by atoms with Crippen molar-refractivity contribution in [2.24, 2.45) is 0 Å². The molecule has 122 valence electrons. The second-order valence-electron chi connectivity index (χ2n) is 4.40. The van der Waals surface area contributed by atoms with Gasteiger partial charge in [0.05, 0.1) is 77.1 Å². The van der Waals surface area contributed by atoms with Gasteiger partial charge in [0.2, 0.25) is 0 Å². The van der Waals surface area contributed by atoms with Crippen LogP contribution in [-0.2, 0) is 14.2 Å². The van der Waals surface area contributed by atoms with Crippen LogP contribution >= 0.6 is 0 Å². The number of nitrogens with zero attached hydrogens (tertiary/aromatic N) is 4. The van der Waals surface area contributed by atoms with Crippen LogP contribution in [0.1, 0.15) is 19.3 Å². The number of nitriles is 3. The third-order valence-corrected chi connectivity index (χ3v) is 2.73. The summed E-state index contributed by atoms with van der Waals surface area (Å²) in [5.41, 5.74) is 0. The number of rotatable bonds is 15. The maximum atomic E-state index is 8.43. The highest BCUT2D eigenvalue weighted by atomic mass is 16.5. The smallest absolute Gasteiger partial charge is 0.0645 e. The van der Waals surface area contributed by atoms with Crippen molar-refractivity contribution in [2.75, 3.05) is 59.3 Å². The zero-order valence-corrected chi connectivity index (χ0v) is 13.0. The number of hydrogen-bond acceptors (Lipinski definition) is 7. The van der Waals surface area contributed by atoms with Crippen molar-refractivity contribution in [1.29, 1.82) is 15.8 Å². The van der Waals surface area contributed by atoms with Crippen LogP contribution in [0.2, 0.25) is 0 Å². The van der Waals surface area contributed by atoms with Crippen molar-refractivity contribution >= 4 is 0 Å². The molecule has 7 heteroatoms. The third kappa shape index (κ3) is 14.7. The van der Waals surface area contributed by atoms with E-state index in [1.807, 2.05) is 18.2 Å². The van der Waals surface area contributed by atoms with Crippen molar-refractivity contribution < 1.29 is 14.2 Å². The Morgan fingerprint density at radius 2 is 0.864 bits per heavy atom. The van der Waals surface area contributed by atoms with E-state index in [0.29, 0.717) is 58.9 Å². The largest absolute Gasteiger partial charge is 0.379 e. The molecule has 0 aromatic carbocycles. The molecule has 0 rings (SSSR count). The Hall–Kier alpha value is -1.69. The Morgan fingerprint density at radius 1 is 0.545 bits per heavy atom. The van der Waals surface area contributed by atoms with Gasteiger partial charge in [0, 0.05) is 19.6 Å². The van der Waals surface area contributed by atoms with Crippen molar-refractivity contribution in [3.05, 3.63) is 0 Å². The van der Waals surface area contributed by atoms with Crippen LogP contribution in [0.25, 0.3) is 0 Å². The summed E-state index contributed by atoms with van der Waals surface area (Å²) in [5.74, 6) is 0. The van der Waals surface area contributed by atoms with E-state index >= 15 is 0 Å². The van der Waals surface area contributed by atoms with E-state index < -0.39 is 0 Å². The predicted octanol–water partition coefficient (Wildman–Crippen LogP) is 1.08. The summed E-state index contributed by atoms with van der Waals surface area (Å²) in [6.07, 6.45) is 1.19. The summed E-state index contributed by atoms with van der Waals surface area (Å²) >= 11 is 0. The molecule has 0 aromatic rings. The fraction of sp³-hybridized carbons (Fsp3) is 0.800. The fourth-order valence-corrected chi connectivity index (χ4v) is 1.58. The van der Waals surface area contributed by atoms with Crippen LogP contribution in [0, 0.1) is 34.0 Å². The Bertz CT molecular complexity index is 313. The third-order valence-electron chi connectivity index (χ3n) is 2.73. The van der Waals surface area contributed by atoms with Crippen LogP contribution < -0.4 is 0 Å². The van der Waals surface area contributed by atoms with Gasteiger partial charge in [0.25, 0.3) is 0 Å². The maximum absolute atomic E-state index is 8.43. The van der Waals surface area contributed by atoms with Crippen molar-refractivity contribution in [2.45, 2.75) is 19.3 Å². The lowest BCUT2D eigenvalue weighted by atomic mass is 10.4. The van der Waals surface area contributed by atoms with Gasteiger partial charge in [-0.3, -0.25) is 4.90 Å². The van der Waals surface area contributed by atoms with Crippen LogP contribution in [-0.4, -0.2) is 64.2 Å². The molecule has 0 atom stereocenters. The predicted molar refractivity (Wildman–Crippen MR) is 79.6 cm³/mol. The van der Waals surface area contributed by atoms with E-state index in [9.17, 15) is 0 Å². The van der Waals surface area contributed by atoms with Crippen molar-refractivity contribution in [3.63, 3.8) is 0 Å². The summed E-state index contributed by atoms with van der Waals surface area (Å²) in [5, 5.41) is 25.3. The minimum absolute atomic E-state index is 0.397. The highest BCUT2D eigenvalue weighted by Crippen LogP contribution is 1.93. The average Bonchev–Trinajstić information content (AvgIpc) is 2.53. The second-order valence-corrected chi connectivity index (χ2v) is 4.40. The van der Waals surface area contributed by atoms with Crippen LogP contribution in [0.4, 0.5) is 0 Å². The van der Waals surface area contributed by atoms with E-state index in [-0.39, 0.29) is 0 Å². The topological polar surface area (TPSA) is 102 Å². The molecule has 0 heterocycles. The SMILES string of the molecule is N#CCCOCCN(CCOCCC#N)CCOCCC#N. The molecule has 0 N–H and O–H groups in total. The first kappa shape index (κ1) is 20.3. The quantitative estimate of drug-likeness (QED) is 0.417. The minimum Gasteiger partial charge on any atom is -0.379 e. The Kier molecular flexibility index (Phi) is 16.0. The Labute approximate surface area is 132 Å². The number of hydrogen-bond donors (Lipinski definition) is 0. The molecule has 0 radical (unpaired) electrons. The highest BCUT2D eigenvalue weighted by molar-refractivity contribution is 4.69. The van der Waals surface area contributed by atoms with Crippen LogP contribution in [0.5, 0.6) is 0 Å². The zero-order valence-electron chi connectivity index (χ0n) is 13.0. The molecule has 22 heavy (non-hydrogen) atoms. The molecule has 0 aromatic heterocycles. The first-order valence-corrected chi connectivity index (χ1v) is 7.41. The summed E-state index contributed by atoms with van der Waals surface area (Å²) < 4.78 is 16.1. The van der Waals surface area contributed by atoms with Gasteiger partial charge in [-0.1, -0.05) is 0 Å². The van der Waals surface area contributed by atoms with E-state index in [1.165, 1.54) is 0 Å². The summed E-state index contributed by atoms with van der Waals surface area (Å²) in [6, 6.07) is 6.10. The fourth-order valence-electron chi connectivity index (χ4n) is 1.58. The zero-order chi connectivity index (χ0) is 16.3. The molecule has 0 unspecified atom stereocenters. The highest BCUT2D eigenvalue weighted by Gasteiger charge is 2.05. The molecule has 0 amide bonds. The normalized spacial score (nSPS) is 10.1. The molecule has 0 bridgehead atoms. The van der Waals surface area contributed by atoms with Gasteiger partial charge in [-0.15, -0.1) is 0 Å². The number of ether oxygens (including phenoxy) is 3. The molecule has 0 spiro atoms. The van der Waals surface area contributed by atoms with Gasteiger partial charge >= 0.3 is 0 Å². The molecule has 0 saturated carbocycles. The van der Waals surface area contributed by atoms with Crippen molar-refractivity contribution in [3.8, 4) is 18.2 Å². The van der Waals surface area contributed by atoms with E-state index in [4.69, 9.17) is 30.0 Å². The summed E-state index contributed by atoms with van der Waals surface area (Å²) in [4.78, 5) is 2.14. The summed E-state index contributed by atoms with van der Waals surface area (Å²) in [7, 11) is 0. The first-order valence-electron chi connectivity index (χ1n) is 7.41. The van der Waals surface area contributed by atoms with E-state index in [2.05, 4.69) is 4.90 Å². The van der Waals surface area contributed by atoms with Crippen LogP contribution in [0.3, 0.4) is 0 Å². The van der Waals surface area contributed by atoms with Gasteiger partial charge in [-0.05, 0) is 0 Å². The molecule has 0 aliphatic heterocycles. The van der Waals surface area contributed by atoms with E-state index in [1.54, 1.807) is 0 Å². The molecule has 0 saturated heterocycles. The Morgan fingerprint density at radius 3 is 1.14 bits per heavy atom. The van der Waals surface area contributed by atoms with Gasteiger partial charge in [0.15, 0.2) is 0 Å². The maximum Gasteiger partial charge on any atom is 0.0645 e. The second kappa shape index (κ2) is 17.4. The summed E-state index contributed by atoms with van der Waals surface area (Å²) in [6.45, 7) is 5.19. The average molecular weight is 308 g/mol. The lowest BCUT2D eigenvalue weighted by Gasteiger charge is -2.22. The monoisotopic (exact) mass is 308 g/mol. The molecule has 7 nitrogen and oxygen atoms in total. The molecule has 0 aliphatic carbocycles. The van der Waals surface area contributed by atoms with Gasteiger partial charge in [-0.2, -0.15) is 15.8 Å². The molecular formula is C15H24N4O3. The van der Waals surface area contributed by atoms with Gasteiger partial charge < -0.3 is 14.2 Å². The lowest BCUT2D eigenvalue weighted by Crippen LogP contribution is -2.34. The van der Waals surface area contributed by atoms with Gasteiger partial charge in [0.1, 0.15) is 0 Å². The standard InChI is InChI=1S/C15H24N4O3/c16-4-1-10-20-13-7-19(8-14-21-11-2-5-17)9-15-22-12-3-6-18/h1-3,7-15H2. The lowest BCUT2D eigenvalue weighted by molar-refractivity contribution is 0.0559. The molecule has 0 fully saturated rings.